The monoisotopic (exact) mass is 195 g/mol. The Labute approximate surface area is 87.8 Å². The number of rotatable bonds is 1. The van der Waals surface area contributed by atoms with Crippen LogP contribution in [0.3, 0.4) is 0 Å². The van der Waals surface area contributed by atoms with Gasteiger partial charge in [0, 0.05) is 6.20 Å². The molecule has 0 radical (unpaired) electrons. The van der Waals surface area contributed by atoms with E-state index in [9.17, 15) is 0 Å². The largest absolute Gasteiger partial charge is 0.384 e. The highest BCUT2D eigenvalue weighted by molar-refractivity contribution is 5.67. The fourth-order valence-electron chi connectivity index (χ4n) is 1.40. The zero-order valence-corrected chi connectivity index (χ0v) is 8.01. The molecule has 1 aromatic heterocycles. The molecule has 15 heavy (non-hydrogen) atoms. The lowest BCUT2D eigenvalue weighted by molar-refractivity contribution is 1.34. The van der Waals surface area contributed by atoms with Gasteiger partial charge in [-0.05, 0) is 35.4 Å². The van der Waals surface area contributed by atoms with Gasteiger partial charge >= 0.3 is 0 Å². The zero-order valence-electron chi connectivity index (χ0n) is 8.01. The fraction of sp³-hybridized carbons (Fsp3) is 0. The van der Waals surface area contributed by atoms with Crippen LogP contribution < -0.4 is 5.73 Å². The van der Waals surface area contributed by atoms with Crippen LogP contribution in [0.4, 0.5) is 5.82 Å². The van der Waals surface area contributed by atoms with Crippen molar-refractivity contribution in [2.45, 2.75) is 0 Å². The van der Waals surface area contributed by atoms with Crippen molar-refractivity contribution in [1.29, 1.82) is 5.26 Å². The smallest absolute Gasteiger partial charge is 0.123 e. The SMILES string of the molecule is N#Cc1cccc(-c2ccnc(N)c2)c1. The van der Waals surface area contributed by atoms with Crippen LogP contribution in [0, 0.1) is 11.3 Å². The summed E-state index contributed by atoms with van der Waals surface area (Å²) < 4.78 is 0. The average molecular weight is 195 g/mol. The van der Waals surface area contributed by atoms with Crippen LogP contribution in [-0.4, -0.2) is 4.98 Å². The molecule has 72 valence electrons. The van der Waals surface area contributed by atoms with Gasteiger partial charge in [-0.1, -0.05) is 12.1 Å². The first kappa shape index (κ1) is 9.22. The van der Waals surface area contributed by atoms with E-state index in [4.69, 9.17) is 11.0 Å². The first-order chi connectivity index (χ1) is 7.29. The molecule has 1 heterocycles. The Hall–Kier alpha value is -2.34. The van der Waals surface area contributed by atoms with Crippen molar-refractivity contribution >= 4 is 5.82 Å². The van der Waals surface area contributed by atoms with E-state index in [1.807, 2.05) is 24.3 Å². The molecule has 0 aliphatic carbocycles. The lowest BCUT2D eigenvalue weighted by atomic mass is 10.0. The number of aromatic nitrogens is 1. The van der Waals surface area contributed by atoms with Crippen LogP contribution in [0.2, 0.25) is 0 Å². The average Bonchev–Trinajstić information content (AvgIpc) is 2.29. The van der Waals surface area contributed by atoms with Gasteiger partial charge in [0.1, 0.15) is 5.82 Å². The van der Waals surface area contributed by atoms with E-state index in [2.05, 4.69) is 11.1 Å². The van der Waals surface area contributed by atoms with E-state index in [0.717, 1.165) is 11.1 Å². The van der Waals surface area contributed by atoms with E-state index >= 15 is 0 Å². The summed E-state index contributed by atoms with van der Waals surface area (Å²) in [6.45, 7) is 0. The summed E-state index contributed by atoms with van der Waals surface area (Å²) in [5.41, 5.74) is 8.18. The summed E-state index contributed by atoms with van der Waals surface area (Å²) >= 11 is 0. The molecule has 0 atom stereocenters. The Morgan fingerprint density at radius 3 is 2.67 bits per heavy atom. The highest BCUT2D eigenvalue weighted by atomic mass is 14.8. The molecule has 0 saturated heterocycles. The summed E-state index contributed by atoms with van der Waals surface area (Å²) in [5, 5.41) is 8.78. The number of anilines is 1. The first-order valence-electron chi connectivity index (χ1n) is 4.51. The van der Waals surface area contributed by atoms with Gasteiger partial charge in [0.05, 0.1) is 11.6 Å². The molecule has 2 aromatic rings. The molecule has 0 fully saturated rings. The van der Waals surface area contributed by atoms with E-state index in [-0.39, 0.29) is 0 Å². The van der Waals surface area contributed by atoms with Gasteiger partial charge in [0.25, 0.3) is 0 Å². The second-order valence-electron chi connectivity index (χ2n) is 3.16. The lowest BCUT2D eigenvalue weighted by Crippen LogP contribution is -1.89. The van der Waals surface area contributed by atoms with Gasteiger partial charge in [-0.3, -0.25) is 0 Å². The molecule has 3 nitrogen and oxygen atoms in total. The molecule has 0 spiro atoms. The van der Waals surface area contributed by atoms with Gasteiger partial charge in [0.15, 0.2) is 0 Å². The van der Waals surface area contributed by atoms with Crippen LogP contribution in [0.5, 0.6) is 0 Å². The third-order valence-corrected chi connectivity index (χ3v) is 2.11. The van der Waals surface area contributed by atoms with Gasteiger partial charge in [-0.2, -0.15) is 5.26 Å². The summed E-state index contributed by atoms with van der Waals surface area (Å²) in [4.78, 5) is 3.92. The molecule has 0 aliphatic rings. The van der Waals surface area contributed by atoms with Crippen molar-refractivity contribution in [3.8, 4) is 17.2 Å². The quantitative estimate of drug-likeness (QED) is 0.758. The van der Waals surface area contributed by atoms with Crippen molar-refractivity contribution < 1.29 is 0 Å². The summed E-state index contributed by atoms with van der Waals surface area (Å²) in [7, 11) is 0. The number of benzene rings is 1. The maximum absolute atomic E-state index is 8.78. The lowest BCUT2D eigenvalue weighted by Gasteiger charge is -2.02. The van der Waals surface area contributed by atoms with Crippen LogP contribution in [0.15, 0.2) is 42.6 Å². The summed E-state index contributed by atoms with van der Waals surface area (Å²) in [6, 6.07) is 13.2. The Kier molecular flexibility index (Phi) is 2.34. The molecule has 0 amide bonds. The minimum absolute atomic E-state index is 0.481. The second-order valence-corrected chi connectivity index (χ2v) is 3.16. The minimum Gasteiger partial charge on any atom is -0.384 e. The van der Waals surface area contributed by atoms with E-state index in [1.165, 1.54) is 0 Å². The molecule has 0 unspecified atom stereocenters. The molecule has 0 aliphatic heterocycles. The number of nitrogens with zero attached hydrogens (tertiary/aromatic N) is 2. The Balaban J connectivity index is 2.50. The molecule has 3 heteroatoms. The van der Waals surface area contributed by atoms with Gasteiger partial charge < -0.3 is 5.73 Å². The number of pyridine rings is 1. The minimum atomic E-state index is 0.481. The van der Waals surface area contributed by atoms with E-state index < -0.39 is 0 Å². The maximum atomic E-state index is 8.78. The Bertz CT molecular complexity index is 526. The molecule has 0 bridgehead atoms. The van der Waals surface area contributed by atoms with Gasteiger partial charge in [0.2, 0.25) is 0 Å². The summed E-state index contributed by atoms with van der Waals surface area (Å²) in [6.07, 6.45) is 1.66. The van der Waals surface area contributed by atoms with Crippen molar-refractivity contribution in [2.75, 3.05) is 5.73 Å². The van der Waals surface area contributed by atoms with Crippen LogP contribution in [0.25, 0.3) is 11.1 Å². The normalized spacial score (nSPS) is 9.53. The Morgan fingerprint density at radius 1 is 1.13 bits per heavy atom. The van der Waals surface area contributed by atoms with Crippen molar-refractivity contribution in [2.24, 2.45) is 0 Å². The van der Waals surface area contributed by atoms with E-state index in [1.54, 1.807) is 18.3 Å². The predicted molar refractivity (Wildman–Crippen MR) is 58.8 cm³/mol. The van der Waals surface area contributed by atoms with Crippen LogP contribution in [-0.2, 0) is 0 Å². The fourth-order valence-corrected chi connectivity index (χ4v) is 1.40. The molecular weight excluding hydrogens is 186 g/mol. The molecular formula is C12H9N3. The van der Waals surface area contributed by atoms with Gasteiger partial charge in [-0.25, -0.2) is 4.98 Å². The summed E-state index contributed by atoms with van der Waals surface area (Å²) in [5.74, 6) is 0.481. The number of nitriles is 1. The van der Waals surface area contributed by atoms with Crippen LogP contribution >= 0.6 is 0 Å². The second kappa shape index (κ2) is 3.81. The van der Waals surface area contributed by atoms with Crippen molar-refractivity contribution in [3.05, 3.63) is 48.2 Å². The van der Waals surface area contributed by atoms with Crippen molar-refractivity contribution in [3.63, 3.8) is 0 Å². The highest BCUT2D eigenvalue weighted by Crippen LogP contribution is 2.20. The number of nitrogens with two attached hydrogens (primary N) is 1. The molecule has 1 aromatic carbocycles. The third-order valence-electron chi connectivity index (χ3n) is 2.11. The maximum Gasteiger partial charge on any atom is 0.123 e. The highest BCUT2D eigenvalue weighted by Gasteiger charge is 1.99. The standard InChI is InChI=1S/C12H9N3/c13-8-9-2-1-3-10(6-9)11-4-5-15-12(14)7-11/h1-7H,(H2,14,15). The zero-order chi connectivity index (χ0) is 10.7. The number of nitrogen functional groups attached to an aromatic ring is 1. The van der Waals surface area contributed by atoms with Crippen LogP contribution in [0.1, 0.15) is 5.56 Å². The molecule has 2 N–H and O–H groups in total. The van der Waals surface area contributed by atoms with Gasteiger partial charge in [-0.15, -0.1) is 0 Å². The number of hydrogen-bond acceptors (Lipinski definition) is 3. The molecule has 0 saturated carbocycles. The Morgan fingerprint density at radius 2 is 1.93 bits per heavy atom. The topological polar surface area (TPSA) is 62.7 Å². The van der Waals surface area contributed by atoms with Crippen molar-refractivity contribution in [1.82, 2.24) is 4.98 Å². The molecule has 2 rings (SSSR count). The first-order valence-corrected chi connectivity index (χ1v) is 4.51. The predicted octanol–water partition coefficient (Wildman–Crippen LogP) is 2.20. The number of hydrogen-bond donors (Lipinski definition) is 1. The third kappa shape index (κ3) is 1.94. The van der Waals surface area contributed by atoms with E-state index in [0.29, 0.717) is 11.4 Å².